The number of rotatable bonds is 13. The summed E-state index contributed by atoms with van der Waals surface area (Å²) in [5.74, 6) is -3.57. The van der Waals surface area contributed by atoms with Gasteiger partial charge in [-0.15, -0.1) is 13.2 Å². The molecule has 2 N–H and O–H groups in total. The third-order valence-electron chi connectivity index (χ3n) is 8.81. The van der Waals surface area contributed by atoms with Crippen molar-refractivity contribution >= 4 is 39.6 Å². The highest BCUT2D eigenvalue weighted by Gasteiger charge is 2.77. The van der Waals surface area contributed by atoms with Gasteiger partial charge in [-0.3, -0.25) is 19.2 Å². The largest absolute Gasteiger partial charge is 0.455 e. The van der Waals surface area contributed by atoms with Crippen LogP contribution in [0.25, 0.3) is 0 Å². The number of fused-ring (bicyclic) bond motifs is 1. The normalized spacial score (nSPS) is 28.6. The number of amides is 3. The minimum absolute atomic E-state index is 0.0806. The van der Waals surface area contributed by atoms with Crippen molar-refractivity contribution in [3.05, 3.63) is 61.2 Å². The molecule has 4 rings (SSSR count). The number of aliphatic hydroxyl groups is 1. The lowest BCUT2D eigenvalue weighted by molar-refractivity contribution is -0.162. The van der Waals surface area contributed by atoms with E-state index in [-0.39, 0.29) is 42.8 Å². The molecule has 3 aliphatic rings. The van der Waals surface area contributed by atoms with Crippen LogP contribution in [0, 0.1) is 11.8 Å². The Morgan fingerprint density at radius 3 is 2.52 bits per heavy atom. The number of allylic oxidation sites excluding steroid dienone is 1. The number of likely N-dealkylation sites (tertiary alicyclic amines) is 1. The Balaban J connectivity index is 1.69. The van der Waals surface area contributed by atoms with Crippen molar-refractivity contribution < 1.29 is 33.8 Å². The van der Waals surface area contributed by atoms with E-state index in [0.717, 1.165) is 0 Å². The van der Waals surface area contributed by atoms with Gasteiger partial charge in [0.2, 0.25) is 17.7 Å². The number of hydrogen-bond donors (Lipinski definition) is 2. The average molecular weight is 675 g/mol. The molecule has 3 aliphatic heterocycles. The topological polar surface area (TPSA) is 125 Å². The van der Waals surface area contributed by atoms with Crippen LogP contribution < -0.4 is 5.32 Å². The van der Waals surface area contributed by atoms with E-state index in [1.54, 1.807) is 24.0 Å². The summed E-state index contributed by atoms with van der Waals surface area (Å²) in [6.07, 6.45) is 2.84. The van der Waals surface area contributed by atoms with Crippen LogP contribution in [0.3, 0.4) is 0 Å². The summed E-state index contributed by atoms with van der Waals surface area (Å²) in [4.78, 5) is 57.8. The lowest BCUT2D eigenvalue weighted by Gasteiger charge is -2.42. The van der Waals surface area contributed by atoms with E-state index < -0.39 is 59.1 Å². The average Bonchev–Trinajstić information content (AvgIpc) is 3.56. The summed E-state index contributed by atoms with van der Waals surface area (Å²) in [5, 5.41) is 12.8. The van der Waals surface area contributed by atoms with Crippen molar-refractivity contribution in [1.29, 1.82) is 0 Å². The predicted molar refractivity (Wildman–Crippen MR) is 168 cm³/mol. The SMILES string of the molecule is C=CCCC(=O)N[C@@H](C)[C@H](OC(=O)[C@H]1[C@@H]2O[C@@]3(CC2Br)[C@@H]1C(=O)N(CCO)[C@@H]3C(=O)N(CC=C)C(C)(C)C)c1ccccc1. The van der Waals surface area contributed by atoms with E-state index >= 15 is 0 Å². The second-order valence-corrected chi connectivity index (χ2v) is 14.0. The van der Waals surface area contributed by atoms with Crippen molar-refractivity contribution in [1.82, 2.24) is 15.1 Å². The van der Waals surface area contributed by atoms with Crippen molar-refractivity contribution in [2.75, 3.05) is 19.7 Å². The van der Waals surface area contributed by atoms with Gasteiger partial charge in [0.1, 0.15) is 17.7 Å². The highest BCUT2D eigenvalue weighted by atomic mass is 79.9. The highest BCUT2D eigenvalue weighted by Crippen LogP contribution is 2.60. The smallest absolute Gasteiger partial charge is 0.313 e. The summed E-state index contributed by atoms with van der Waals surface area (Å²) in [5.41, 5.74) is -1.20. The molecule has 0 aliphatic carbocycles. The quantitative estimate of drug-likeness (QED) is 0.187. The van der Waals surface area contributed by atoms with Crippen molar-refractivity contribution in [3.63, 3.8) is 0 Å². The molecule has 11 heteroatoms. The number of esters is 1. The number of ether oxygens (including phenoxy) is 2. The molecule has 0 saturated carbocycles. The summed E-state index contributed by atoms with van der Waals surface area (Å²) < 4.78 is 12.7. The zero-order valence-corrected chi connectivity index (χ0v) is 27.5. The van der Waals surface area contributed by atoms with Crippen LogP contribution in [0.4, 0.5) is 0 Å². The number of nitrogens with zero attached hydrogens (tertiary/aromatic N) is 2. The van der Waals surface area contributed by atoms with Gasteiger partial charge in [0.25, 0.3) is 0 Å². The van der Waals surface area contributed by atoms with Gasteiger partial charge in [-0.25, -0.2) is 0 Å². The van der Waals surface area contributed by atoms with Crippen molar-refractivity contribution in [2.45, 2.75) is 87.2 Å². The van der Waals surface area contributed by atoms with Crippen LogP contribution in [-0.2, 0) is 28.7 Å². The van der Waals surface area contributed by atoms with Gasteiger partial charge in [-0.2, -0.15) is 0 Å². The number of nitrogens with one attached hydrogen (secondary N) is 1. The molecular formula is C33H44BrN3O7. The molecule has 8 atom stereocenters. The number of alkyl halides is 1. The molecule has 3 amide bonds. The van der Waals surface area contributed by atoms with Gasteiger partial charge >= 0.3 is 5.97 Å². The predicted octanol–water partition coefficient (Wildman–Crippen LogP) is 3.30. The molecular weight excluding hydrogens is 630 g/mol. The lowest BCUT2D eigenvalue weighted by atomic mass is 9.70. The molecule has 1 spiro atoms. The summed E-state index contributed by atoms with van der Waals surface area (Å²) >= 11 is 3.68. The van der Waals surface area contributed by atoms with Gasteiger partial charge < -0.3 is 29.7 Å². The lowest BCUT2D eigenvalue weighted by Crippen LogP contribution is -2.60. The van der Waals surface area contributed by atoms with Crippen LogP contribution in [-0.4, -0.2) is 92.4 Å². The molecule has 3 heterocycles. The molecule has 1 aromatic carbocycles. The number of hydrogen-bond acceptors (Lipinski definition) is 7. The van der Waals surface area contributed by atoms with Crippen LogP contribution in [0.15, 0.2) is 55.6 Å². The van der Waals surface area contributed by atoms with Crippen LogP contribution >= 0.6 is 15.9 Å². The Morgan fingerprint density at radius 2 is 1.93 bits per heavy atom. The van der Waals surface area contributed by atoms with Gasteiger partial charge in [0.15, 0.2) is 0 Å². The zero-order valence-electron chi connectivity index (χ0n) is 25.9. The molecule has 1 unspecified atom stereocenters. The van der Waals surface area contributed by atoms with Crippen molar-refractivity contribution in [2.24, 2.45) is 11.8 Å². The molecule has 3 saturated heterocycles. The van der Waals surface area contributed by atoms with Crippen LogP contribution in [0.1, 0.15) is 58.6 Å². The summed E-state index contributed by atoms with van der Waals surface area (Å²) in [7, 11) is 0. The highest BCUT2D eigenvalue weighted by molar-refractivity contribution is 9.09. The first-order valence-electron chi connectivity index (χ1n) is 15.1. The fourth-order valence-electron chi connectivity index (χ4n) is 6.94. The molecule has 0 radical (unpaired) electrons. The van der Waals surface area contributed by atoms with E-state index in [2.05, 4.69) is 34.4 Å². The second-order valence-electron chi connectivity index (χ2n) is 12.8. The number of carbonyl (C=O) groups is 4. The molecule has 2 bridgehead atoms. The Morgan fingerprint density at radius 1 is 1.25 bits per heavy atom. The van der Waals surface area contributed by atoms with E-state index in [4.69, 9.17) is 9.47 Å². The van der Waals surface area contributed by atoms with E-state index in [9.17, 15) is 24.3 Å². The molecule has 44 heavy (non-hydrogen) atoms. The monoisotopic (exact) mass is 673 g/mol. The number of benzene rings is 1. The van der Waals surface area contributed by atoms with E-state index in [1.165, 1.54) is 4.90 Å². The van der Waals surface area contributed by atoms with Gasteiger partial charge in [0.05, 0.1) is 30.6 Å². The van der Waals surface area contributed by atoms with Crippen LogP contribution in [0.5, 0.6) is 0 Å². The Kier molecular flexibility index (Phi) is 10.4. The first kappa shape index (κ1) is 33.9. The minimum atomic E-state index is -1.29. The standard InChI is InChI=1S/C33H44BrN3O7/c1-7-9-15-23(39)35-20(3)26(21-13-11-10-12-14-21)43-31(42)24-25-29(40)36(17-18-38)28(33(25)19-22(34)27(24)44-33)30(41)37(16-8-2)32(4,5)6/h7-8,10-14,20,22,24-28,38H,1-2,9,15-19H2,3-6H3,(H,35,39)/t20-,22?,24+,25-,26-,27+,28+,33-/m0/s1. The maximum absolute atomic E-state index is 14.3. The molecule has 1 aromatic rings. The molecule has 3 fully saturated rings. The minimum Gasteiger partial charge on any atom is -0.455 e. The third-order valence-corrected chi connectivity index (χ3v) is 9.66. The van der Waals surface area contributed by atoms with E-state index in [0.29, 0.717) is 18.4 Å². The van der Waals surface area contributed by atoms with Gasteiger partial charge in [-0.05, 0) is 46.1 Å². The fourth-order valence-corrected chi connectivity index (χ4v) is 7.88. The Hall–Kier alpha value is -3.02. The Labute approximate surface area is 267 Å². The first-order valence-corrected chi connectivity index (χ1v) is 16.0. The van der Waals surface area contributed by atoms with Crippen LogP contribution in [0.2, 0.25) is 0 Å². The number of aliphatic hydroxyl groups excluding tert-OH is 1. The molecule has 240 valence electrons. The summed E-state index contributed by atoms with van der Waals surface area (Å²) in [6, 6.07) is 7.49. The zero-order chi connectivity index (χ0) is 32.4. The molecule has 10 nitrogen and oxygen atoms in total. The number of halogens is 1. The maximum Gasteiger partial charge on any atom is 0.313 e. The number of carbonyl (C=O) groups excluding carboxylic acids is 4. The van der Waals surface area contributed by atoms with Gasteiger partial charge in [-0.1, -0.05) is 58.4 Å². The van der Waals surface area contributed by atoms with Gasteiger partial charge in [0, 0.05) is 29.9 Å². The first-order chi connectivity index (χ1) is 20.8. The number of β-amino-alcohol motifs (C(OH)–C–C–N with tert-alkyl or cyclic N) is 1. The van der Waals surface area contributed by atoms with E-state index in [1.807, 2.05) is 51.1 Å². The Bertz CT molecular complexity index is 1270. The second kappa shape index (κ2) is 13.5. The van der Waals surface area contributed by atoms with Crippen molar-refractivity contribution in [3.8, 4) is 0 Å². The third kappa shape index (κ3) is 6.23. The summed E-state index contributed by atoms with van der Waals surface area (Å²) in [6.45, 7) is 14.8. The fraction of sp³-hybridized carbons (Fsp3) is 0.576. The molecule has 0 aromatic heterocycles. The maximum atomic E-state index is 14.3.